The first-order chi connectivity index (χ1) is 9.15. The Morgan fingerprint density at radius 2 is 2.16 bits per heavy atom. The highest BCUT2D eigenvalue weighted by molar-refractivity contribution is 5.61. The first kappa shape index (κ1) is 13.1. The normalized spacial score (nSPS) is 10.5. The molecule has 0 radical (unpaired) electrons. The first-order valence-corrected chi connectivity index (χ1v) is 6.20. The molecule has 19 heavy (non-hydrogen) atoms. The van der Waals surface area contributed by atoms with Gasteiger partial charge in [-0.15, -0.1) is 0 Å². The highest BCUT2D eigenvalue weighted by atomic mass is 16.5. The van der Waals surface area contributed by atoms with Crippen molar-refractivity contribution >= 4 is 11.4 Å². The van der Waals surface area contributed by atoms with Crippen LogP contribution < -0.4 is 15.8 Å². The fraction of sp³-hybridized carbons (Fsp3) is 0.286. The molecule has 0 aliphatic heterocycles. The summed E-state index contributed by atoms with van der Waals surface area (Å²) in [5.74, 6) is 0.697. The fourth-order valence-electron chi connectivity index (χ4n) is 1.62. The zero-order valence-electron chi connectivity index (χ0n) is 11.1. The molecule has 5 heteroatoms. The predicted octanol–water partition coefficient (Wildman–Crippen LogP) is 2.46. The van der Waals surface area contributed by atoms with E-state index >= 15 is 0 Å². The molecule has 0 unspecified atom stereocenters. The van der Waals surface area contributed by atoms with Crippen molar-refractivity contribution in [1.82, 2.24) is 9.97 Å². The summed E-state index contributed by atoms with van der Waals surface area (Å²) in [7, 11) is 0. The summed E-state index contributed by atoms with van der Waals surface area (Å²) in [6, 6.07) is 7.52. The van der Waals surface area contributed by atoms with E-state index in [0.717, 1.165) is 11.4 Å². The number of rotatable bonds is 5. The SMILES string of the molecule is CC(C)Oc1cc(NCc2ccncn2)ccc1N. The van der Waals surface area contributed by atoms with E-state index in [4.69, 9.17) is 10.5 Å². The second-order valence-electron chi connectivity index (χ2n) is 4.47. The van der Waals surface area contributed by atoms with E-state index in [-0.39, 0.29) is 6.10 Å². The number of nitrogens with two attached hydrogens (primary N) is 1. The average Bonchev–Trinajstić information content (AvgIpc) is 2.40. The zero-order chi connectivity index (χ0) is 13.7. The molecule has 0 amide bonds. The molecule has 0 bridgehead atoms. The number of anilines is 2. The summed E-state index contributed by atoms with van der Waals surface area (Å²) in [4.78, 5) is 8.04. The van der Waals surface area contributed by atoms with Gasteiger partial charge in [-0.25, -0.2) is 9.97 Å². The maximum Gasteiger partial charge on any atom is 0.144 e. The minimum absolute atomic E-state index is 0.0967. The van der Waals surface area contributed by atoms with Crippen LogP contribution in [0.3, 0.4) is 0 Å². The molecule has 3 N–H and O–H groups in total. The van der Waals surface area contributed by atoms with E-state index in [2.05, 4.69) is 15.3 Å². The van der Waals surface area contributed by atoms with Crippen molar-refractivity contribution < 1.29 is 4.74 Å². The van der Waals surface area contributed by atoms with Crippen molar-refractivity contribution in [1.29, 1.82) is 0 Å². The van der Waals surface area contributed by atoms with Crippen LogP contribution in [0.2, 0.25) is 0 Å². The van der Waals surface area contributed by atoms with Crippen molar-refractivity contribution in [3.8, 4) is 5.75 Å². The number of benzene rings is 1. The summed E-state index contributed by atoms with van der Waals surface area (Å²) in [5.41, 5.74) is 8.39. The van der Waals surface area contributed by atoms with Gasteiger partial charge in [-0.2, -0.15) is 0 Å². The lowest BCUT2D eigenvalue weighted by Gasteiger charge is -2.14. The number of nitrogens with zero attached hydrogens (tertiary/aromatic N) is 2. The fourth-order valence-corrected chi connectivity index (χ4v) is 1.62. The molecular formula is C14H18N4O. The number of hydrogen-bond donors (Lipinski definition) is 2. The molecule has 1 aromatic heterocycles. The molecule has 0 spiro atoms. The molecule has 0 saturated heterocycles. The predicted molar refractivity (Wildman–Crippen MR) is 76.0 cm³/mol. The molecule has 100 valence electrons. The van der Waals surface area contributed by atoms with E-state index in [9.17, 15) is 0 Å². The Labute approximate surface area is 112 Å². The van der Waals surface area contributed by atoms with Crippen molar-refractivity contribution in [3.63, 3.8) is 0 Å². The van der Waals surface area contributed by atoms with Gasteiger partial charge in [0.2, 0.25) is 0 Å². The van der Waals surface area contributed by atoms with Gasteiger partial charge < -0.3 is 15.8 Å². The Balaban J connectivity index is 2.04. The maximum absolute atomic E-state index is 5.87. The lowest BCUT2D eigenvalue weighted by molar-refractivity contribution is 0.244. The number of hydrogen-bond acceptors (Lipinski definition) is 5. The average molecular weight is 258 g/mol. The second-order valence-corrected chi connectivity index (χ2v) is 4.47. The third-order valence-electron chi connectivity index (χ3n) is 2.49. The lowest BCUT2D eigenvalue weighted by atomic mass is 10.2. The Morgan fingerprint density at radius 1 is 1.32 bits per heavy atom. The monoisotopic (exact) mass is 258 g/mol. The molecule has 0 fully saturated rings. The van der Waals surface area contributed by atoms with E-state index in [1.807, 2.05) is 38.1 Å². The highest BCUT2D eigenvalue weighted by Crippen LogP contribution is 2.26. The molecule has 2 aromatic rings. The molecule has 0 aliphatic rings. The Hall–Kier alpha value is -2.30. The van der Waals surface area contributed by atoms with Crippen molar-refractivity contribution in [2.45, 2.75) is 26.5 Å². The van der Waals surface area contributed by atoms with Gasteiger partial charge in [-0.3, -0.25) is 0 Å². The standard InChI is InChI=1S/C14H18N4O/c1-10(2)19-14-7-11(3-4-13(14)15)17-8-12-5-6-16-9-18-12/h3-7,9-10,17H,8,15H2,1-2H3. The molecule has 0 aliphatic carbocycles. The van der Waals surface area contributed by atoms with Crippen LogP contribution in [0.4, 0.5) is 11.4 Å². The minimum Gasteiger partial charge on any atom is -0.489 e. The molecule has 2 rings (SSSR count). The van der Waals surface area contributed by atoms with Crippen LogP contribution >= 0.6 is 0 Å². The quantitative estimate of drug-likeness (QED) is 0.806. The second kappa shape index (κ2) is 6.04. The van der Waals surface area contributed by atoms with Gasteiger partial charge in [0.25, 0.3) is 0 Å². The zero-order valence-corrected chi connectivity index (χ0v) is 11.1. The van der Waals surface area contributed by atoms with Crippen molar-refractivity contribution in [3.05, 3.63) is 42.5 Å². The molecule has 1 heterocycles. The third kappa shape index (κ3) is 3.84. The number of nitrogens with one attached hydrogen (secondary N) is 1. The largest absolute Gasteiger partial charge is 0.489 e. The first-order valence-electron chi connectivity index (χ1n) is 6.20. The summed E-state index contributed by atoms with van der Waals surface area (Å²) in [6.45, 7) is 4.58. The van der Waals surface area contributed by atoms with E-state index in [0.29, 0.717) is 18.0 Å². The molecule has 1 aromatic carbocycles. The third-order valence-corrected chi connectivity index (χ3v) is 2.49. The van der Waals surface area contributed by atoms with Gasteiger partial charge in [0.1, 0.15) is 12.1 Å². The topological polar surface area (TPSA) is 73.1 Å². The van der Waals surface area contributed by atoms with Gasteiger partial charge in [0.05, 0.1) is 24.0 Å². The highest BCUT2D eigenvalue weighted by Gasteiger charge is 2.04. The van der Waals surface area contributed by atoms with Crippen LogP contribution in [0, 0.1) is 0 Å². The van der Waals surface area contributed by atoms with Gasteiger partial charge in [0.15, 0.2) is 0 Å². The smallest absolute Gasteiger partial charge is 0.144 e. The molecule has 5 nitrogen and oxygen atoms in total. The van der Waals surface area contributed by atoms with Crippen LogP contribution in [-0.2, 0) is 6.54 Å². The summed E-state index contributed by atoms with van der Waals surface area (Å²) >= 11 is 0. The van der Waals surface area contributed by atoms with Gasteiger partial charge in [0, 0.05) is 18.0 Å². The molecular weight excluding hydrogens is 240 g/mol. The van der Waals surface area contributed by atoms with Gasteiger partial charge in [-0.05, 0) is 32.0 Å². The van der Waals surface area contributed by atoms with Crippen LogP contribution in [0.25, 0.3) is 0 Å². The summed E-state index contributed by atoms with van der Waals surface area (Å²) < 4.78 is 5.65. The molecule has 0 atom stereocenters. The van der Waals surface area contributed by atoms with E-state index in [1.165, 1.54) is 6.33 Å². The Morgan fingerprint density at radius 3 is 2.84 bits per heavy atom. The number of aromatic nitrogens is 2. The van der Waals surface area contributed by atoms with E-state index < -0.39 is 0 Å². The van der Waals surface area contributed by atoms with Crippen LogP contribution in [0.15, 0.2) is 36.8 Å². The van der Waals surface area contributed by atoms with Crippen LogP contribution in [0.5, 0.6) is 5.75 Å². The summed E-state index contributed by atoms with van der Waals surface area (Å²) in [5, 5.41) is 3.28. The lowest BCUT2D eigenvalue weighted by Crippen LogP contribution is -2.08. The van der Waals surface area contributed by atoms with Gasteiger partial charge in [-0.1, -0.05) is 0 Å². The van der Waals surface area contributed by atoms with Gasteiger partial charge >= 0.3 is 0 Å². The summed E-state index contributed by atoms with van der Waals surface area (Å²) in [6.07, 6.45) is 3.35. The Kier molecular flexibility index (Phi) is 4.18. The van der Waals surface area contributed by atoms with Crippen LogP contribution in [0.1, 0.15) is 19.5 Å². The van der Waals surface area contributed by atoms with E-state index in [1.54, 1.807) is 6.20 Å². The van der Waals surface area contributed by atoms with Crippen molar-refractivity contribution in [2.24, 2.45) is 0 Å². The van der Waals surface area contributed by atoms with Crippen LogP contribution in [-0.4, -0.2) is 16.1 Å². The number of nitrogen functional groups attached to an aromatic ring is 1. The molecule has 0 saturated carbocycles. The number of ether oxygens (including phenoxy) is 1. The maximum atomic E-state index is 5.87. The minimum atomic E-state index is 0.0967. The van der Waals surface area contributed by atoms with Crippen molar-refractivity contribution in [2.75, 3.05) is 11.1 Å². The Bertz CT molecular complexity index is 528.